The largest absolute Gasteiger partial charge is 0.493 e. The van der Waals surface area contributed by atoms with Crippen LogP contribution in [0.4, 0.5) is 4.39 Å². The number of halogens is 1. The summed E-state index contributed by atoms with van der Waals surface area (Å²) in [6.45, 7) is 5.78. The number of amides is 2. The second kappa shape index (κ2) is 9.39. The van der Waals surface area contributed by atoms with Gasteiger partial charge in [-0.05, 0) is 30.3 Å². The molecule has 2 aliphatic heterocycles. The lowest BCUT2D eigenvalue weighted by Crippen LogP contribution is -2.52. The van der Waals surface area contributed by atoms with Crippen LogP contribution in [0.2, 0.25) is 0 Å². The summed E-state index contributed by atoms with van der Waals surface area (Å²) in [6, 6.07) is 8.86. The van der Waals surface area contributed by atoms with Gasteiger partial charge in [-0.25, -0.2) is 4.39 Å². The summed E-state index contributed by atoms with van der Waals surface area (Å²) in [6.07, 6.45) is 0. The van der Waals surface area contributed by atoms with E-state index in [1.807, 2.05) is 4.90 Å². The van der Waals surface area contributed by atoms with Gasteiger partial charge in [0.1, 0.15) is 5.82 Å². The van der Waals surface area contributed by atoms with E-state index in [0.717, 1.165) is 19.6 Å². The molecular weight excluding hydrogens is 425 g/mol. The number of benzene rings is 2. The molecule has 2 aromatic rings. The van der Waals surface area contributed by atoms with E-state index in [1.54, 1.807) is 37.4 Å². The number of likely N-dealkylation sites (N-methyl/N-ethyl adjacent to an activating group) is 2. The van der Waals surface area contributed by atoms with Gasteiger partial charge in [0.05, 0.1) is 26.2 Å². The first-order valence-electron chi connectivity index (χ1n) is 11.2. The first-order chi connectivity index (χ1) is 15.9. The van der Waals surface area contributed by atoms with E-state index in [9.17, 15) is 14.0 Å². The Hall–Kier alpha value is -3.13. The van der Waals surface area contributed by atoms with Crippen molar-refractivity contribution in [2.75, 3.05) is 54.0 Å². The van der Waals surface area contributed by atoms with Crippen LogP contribution in [-0.4, -0.2) is 80.5 Å². The van der Waals surface area contributed by atoms with E-state index in [-0.39, 0.29) is 11.8 Å². The average Bonchev–Trinajstić information content (AvgIpc) is 2.85. The predicted octanol–water partition coefficient (Wildman–Crippen LogP) is 2.92. The number of piperazine rings is 1. The van der Waals surface area contributed by atoms with Crippen LogP contribution in [0.5, 0.6) is 11.5 Å². The minimum atomic E-state index is -0.777. The molecule has 0 N–H and O–H groups in total. The molecule has 0 bridgehead atoms. The summed E-state index contributed by atoms with van der Waals surface area (Å²) >= 11 is 0. The molecule has 0 spiro atoms. The molecule has 2 heterocycles. The number of ether oxygens (including phenoxy) is 2. The highest BCUT2D eigenvalue weighted by atomic mass is 19.1. The molecule has 2 atom stereocenters. The maximum absolute atomic E-state index is 15.0. The Morgan fingerprint density at radius 3 is 2.27 bits per heavy atom. The molecule has 2 aliphatic rings. The fourth-order valence-electron chi connectivity index (χ4n) is 4.90. The maximum Gasteiger partial charge on any atom is 0.254 e. The molecule has 1 fully saturated rings. The van der Waals surface area contributed by atoms with Crippen LogP contribution in [0.3, 0.4) is 0 Å². The zero-order valence-corrected chi connectivity index (χ0v) is 19.5. The van der Waals surface area contributed by atoms with Crippen LogP contribution < -0.4 is 9.47 Å². The minimum absolute atomic E-state index is 0.119. The van der Waals surface area contributed by atoms with Crippen molar-refractivity contribution < 1.29 is 23.5 Å². The van der Waals surface area contributed by atoms with Crippen molar-refractivity contribution in [1.29, 1.82) is 0 Å². The van der Waals surface area contributed by atoms with Crippen LogP contribution in [0.1, 0.15) is 40.4 Å². The molecule has 33 heavy (non-hydrogen) atoms. The fraction of sp³-hybridized carbons (Fsp3) is 0.440. The molecule has 1 saturated heterocycles. The summed E-state index contributed by atoms with van der Waals surface area (Å²) in [4.78, 5) is 33.0. The van der Waals surface area contributed by atoms with Crippen molar-refractivity contribution in [1.82, 2.24) is 14.7 Å². The lowest BCUT2D eigenvalue weighted by Gasteiger charge is -2.43. The zero-order valence-electron chi connectivity index (χ0n) is 19.5. The fourth-order valence-corrected chi connectivity index (χ4v) is 4.90. The minimum Gasteiger partial charge on any atom is -0.493 e. The Bertz CT molecular complexity index is 1050. The Morgan fingerprint density at radius 1 is 1.03 bits per heavy atom. The summed E-state index contributed by atoms with van der Waals surface area (Å²) in [5, 5.41) is 0. The lowest BCUT2D eigenvalue weighted by atomic mass is 9.78. The zero-order chi connectivity index (χ0) is 23.7. The second-order valence-corrected chi connectivity index (χ2v) is 8.41. The summed E-state index contributed by atoms with van der Waals surface area (Å²) < 4.78 is 25.8. The number of carbonyl (C=O) groups is 2. The number of methoxy groups -OCH3 is 2. The van der Waals surface area contributed by atoms with Crippen LogP contribution >= 0.6 is 0 Å². The quantitative estimate of drug-likeness (QED) is 0.694. The van der Waals surface area contributed by atoms with Gasteiger partial charge in [0.25, 0.3) is 5.91 Å². The van der Waals surface area contributed by atoms with Gasteiger partial charge in [-0.1, -0.05) is 25.1 Å². The van der Waals surface area contributed by atoms with Gasteiger partial charge in [-0.3, -0.25) is 9.59 Å². The van der Waals surface area contributed by atoms with Crippen molar-refractivity contribution in [2.24, 2.45) is 0 Å². The summed E-state index contributed by atoms with van der Waals surface area (Å²) in [5.74, 6) is -0.794. The van der Waals surface area contributed by atoms with Gasteiger partial charge in [0.2, 0.25) is 5.91 Å². The number of nitrogens with zero attached hydrogens (tertiary/aromatic N) is 3. The standard InChI is InChI=1S/C25H30FN3O4/c1-5-28-10-12-29(13-11-28)25(31)22-17-14-20(32-3)21(33-4)15-18(17)24(30)27(2)23(22)16-8-6-7-9-19(16)26/h6-9,14-15,22-23H,5,10-13H2,1-4H3/t22-,23-/m1/s1. The molecule has 0 aliphatic carbocycles. The molecular formula is C25H30FN3O4. The van der Waals surface area contributed by atoms with Gasteiger partial charge in [-0.15, -0.1) is 0 Å². The van der Waals surface area contributed by atoms with Crippen molar-refractivity contribution in [3.05, 3.63) is 58.9 Å². The highest BCUT2D eigenvalue weighted by molar-refractivity contribution is 6.02. The third-order valence-electron chi connectivity index (χ3n) is 6.80. The Kier molecular flexibility index (Phi) is 6.56. The van der Waals surface area contributed by atoms with E-state index < -0.39 is 17.8 Å². The van der Waals surface area contributed by atoms with Crippen molar-refractivity contribution in [3.8, 4) is 11.5 Å². The average molecular weight is 456 g/mol. The van der Waals surface area contributed by atoms with Gasteiger partial charge < -0.3 is 24.2 Å². The van der Waals surface area contributed by atoms with Crippen molar-refractivity contribution >= 4 is 11.8 Å². The second-order valence-electron chi connectivity index (χ2n) is 8.41. The van der Waals surface area contributed by atoms with Gasteiger partial charge in [0.15, 0.2) is 11.5 Å². The van der Waals surface area contributed by atoms with Crippen LogP contribution in [-0.2, 0) is 4.79 Å². The van der Waals surface area contributed by atoms with Crippen LogP contribution in [0, 0.1) is 5.82 Å². The molecule has 0 saturated carbocycles. The summed E-state index contributed by atoms with van der Waals surface area (Å²) in [7, 11) is 4.63. The molecule has 0 unspecified atom stereocenters. The first kappa shape index (κ1) is 23.0. The van der Waals surface area contributed by atoms with E-state index in [2.05, 4.69) is 11.8 Å². The Labute approximate surface area is 193 Å². The van der Waals surface area contributed by atoms with Crippen molar-refractivity contribution in [3.63, 3.8) is 0 Å². The molecule has 8 heteroatoms. The molecule has 2 aromatic carbocycles. The smallest absolute Gasteiger partial charge is 0.254 e. The van der Waals surface area contributed by atoms with Gasteiger partial charge >= 0.3 is 0 Å². The molecule has 0 radical (unpaired) electrons. The number of hydrogen-bond donors (Lipinski definition) is 0. The van der Waals surface area contributed by atoms with Gasteiger partial charge in [-0.2, -0.15) is 0 Å². The van der Waals surface area contributed by atoms with E-state index in [0.29, 0.717) is 41.3 Å². The van der Waals surface area contributed by atoms with Crippen LogP contribution in [0.15, 0.2) is 36.4 Å². The topological polar surface area (TPSA) is 62.3 Å². The molecule has 0 aromatic heterocycles. The highest BCUT2D eigenvalue weighted by Gasteiger charge is 2.46. The van der Waals surface area contributed by atoms with Crippen molar-refractivity contribution in [2.45, 2.75) is 18.9 Å². The molecule has 4 rings (SSSR count). The number of carbonyl (C=O) groups excluding carboxylic acids is 2. The molecule has 7 nitrogen and oxygen atoms in total. The number of rotatable bonds is 5. The Balaban J connectivity index is 1.86. The number of hydrogen-bond acceptors (Lipinski definition) is 5. The first-order valence-corrected chi connectivity index (χ1v) is 11.2. The van der Waals surface area contributed by atoms with E-state index >= 15 is 0 Å². The van der Waals surface area contributed by atoms with E-state index in [1.165, 1.54) is 25.2 Å². The third-order valence-corrected chi connectivity index (χ3v) is 6.80. The maximum atomic E-state index is 15.0. The Morgan fingerprint density at radius 2 is 1.67 bits per heavy atom. The number of fused-ring (bicyclic) bond motifs is 1. The highest BCUT2D eigenvalue weighted by Crippen LogP contribution is 2.46. The third kappa shape index (κ3) is 4.04. The monoisotopic (exact) mass is 455 g/mol. The molecule has 2 amide bonds. The lowest BCUT2D eigenvalue weighted by molar-refractivity contribution is -0.136. The molecule has 176 valence electrons. The SMILES string of the molecule is CCN1CCN(C(=O)[C@@H]2c3cc(OC)c(OC)cc3C(=O)N(C)[C@@H]2c2ccccc2F)CC1. The van der Waals surface area contributed by atoms with Crippen LogP contribution in [0.25, 0.3) is 0 Å². The predicted molar refractivity (Wildman–Crippen MR) is 122 cm³/mol. The van der Waals surface area contributed by atoms with E-state index in [4.69, 9.17) is 9.47 Å². The summed E-state index contributed by atoms with van der Waals surface area (Å²) in [5.41, 5.74) is 1.22. The van der Waals surface area contributed by atoms with Gasteiger partial charge in [0, 0.05) is 44.4 Å². The normalized spacial score (nSPS) is 21.1.